The Kier molecular flexibility index (Phi) is 8.29. The molecule has 162 valence electrons. The highest BCUT2D eigenvalue weighted by molar-refractivity contribution is 7.98. The molecule has 1 unspecified atom stereocenters. The topological polar surface area (TPSA) is 76.0 Å². The fourth-order valence-electron chi connectivity index (χ4n) is 3.20. The molecule has 0 aliphatic rings. The van der Waals surface area contributed by atoms with E-state index in [1.165, 1.54) is 0 Å². The van der Waals surface area contributed by atoms with Gasteiger partial charge in [-0.3, -0.25) is 9.59 Å². The molecule has 0 fully saturated rings. The van der Waals surface area contributed by atoms with Gasteiger partial charge in [0.2, 0.25) is 5.91 Å². The van der Waals surface area contributed by atoms with Crippen LogP contribution in [0.25, 0.3) is 5.69 Å². The molecule has 2 amide bonds. The first-order chi connectivity index (χ1) is 15.1. The Balaban J connectivity index is 1.54. The number of amides is 2. The normalized spacial score (nSPS) is 11.7. The molecule has 2 N–H and O–H groups in total. The standard InChI is InChI=1S/C24H28N4O2S/c1-18-7-6-8-20(15-18)23(29)27-22(12-14-31-2)24(30)25-13-11-19-16-26-28(17-19)21-9-4-3-5-10-21/h3-10,15-17,22H,11-14H2,1-2H3,(H,25,30)(H,27,29). The summed E-state index contributed by atoms with van der Waals surface area (Å²) < 4.78 is 1.82. The van der Waals surface area contributed by atoms with Gasteiger partial charge in [0.15, 0.2) is 0 Å². The summed E-state index contributed by atoms with van der Waals surface area (Å²) in [5.41, 5.74) is 3.60. The van der Waals surface area contributed by atoms with E-state index in [2.05, 4.69) is 15.7 Å². The molecular weight excluding hydrogens is 408 g/mol. The minimum atomic E-state index is -0.562. The highest BCUT2D eigenvalue weighted by Crippen LogP contribution is 2.09. The lowest BCUT2D eigenvalue weighted by molar-refractivity contribution is -0.122. The van der Waals surface area contributed by atoms with Crippen LogP contribution in [0.3, 0.4) is 0 Å². The van der Waals surface area contributed by atoms with E-state index in [1.54, 1.807) is 17.8 Å². The Morgan fingerprint density at radius 1 is 1.13 bits per heavy atom. The summed E-state index contributed by atoms with van der Waals surface area (Å²) in [6.07, 6.45) is 7.01. The lowest BCUT2D eigenvalue weighted by Crippen LogP contribution is -2.47. The summed E-state index contributed by atoms with van der Waals surface area (Å²) >= 11 is 1.65. The van der Waals surface area contributed by atoms with Crippen LogP contribution in [0.5, 0.6) is 0 Å². The van der Waals surface area contributed by atoms with Crippen LogP contribution in [0, 0.1) is 6.92 Å². The average Bonchev–Trinajstić information content (AvgIpc) is 3.26. The van der Waals surface area contributed by atoms with Crippen LogP contribution in [0.15, 0.2) is 67.0 Å². The lowest BCUT2D eigenvalue weighted by atomic mass is 10.1. The number of rotatable bonds is 10. The molecule has 2 aromatic carbocycles. The first-order valence-electron chi connectivity index (χ1n) is 10.3. The van der Waals surface area contributed by atoms with E-state index in [0.717, 1.165) is 22.6 Å². The largest absolute Gasteiger partial charge is 0.354 e. The fraction of sp³-hybridized carbons (Fsp3) is 0.292. The van der Waals surface area contributed by atoms with Crippen molar-refractivity contribution in [1.82, 2.24) is 20.4 Å². The molecule has 0 bridgehead atoms. The quantitative estimate of drug-likeness (QED) is 0.511. The third-order valence-corrected chi connectivity index (χ3v) is 5.53. The van der Waals surface area contributed by atoms with Gasteiger partial charge < -0.3 is 10.6 Å². The molecule has 0 saturated heterocycles. The monoisotopic (exact) mass is 436 g/mol. The van der Waals surface area contributed by atoms with Gasteiger partial charge in [-0.2, -0.15) is 16.9 Å². The average molecular weight is 437 g/mol. The van der Waals surface area contributed by atoms with E-state index in [-0.39, 0.29) is 11.8 Å². The zero-order valence-electron chi connectivity index (χ0n) is 17.9. The minimum Gasteiger partial charge on any atom is -0.354 e. The molecule has 0 aliphatic heterocycles. The van der Waals surface area contributed by atoms with Crippen molar-refractivity contribution < 1.29 is 9.59 Å². The summed E-state index contributed by atoms with van der Waals surface area (Å²) in [4.78, 5) is 25.3. The van der Waals surface area contributed by atoms with E-state index < -0.39 is 6.04 Å². The van der Waals surface area contributed by atoms with Gasteiger partial charge in [-0.25, -0.2) is 4.68 Å². The van der Waals surface area contributed by atoms with E-state index in [1.807, 2.05) is 78.8 Å². The van der Waals surface area contributed by atoms with E-state index in [0.29, 0.717) is 24.9 Å². The molecule has 0 spiro atoms. The Morgan fingerprint density at radius 3 is 2.68 bits per heavy atom. The van der Waals surface area contributed by atoms with Gasteiger partial charge >= 0.3 is 0 Å². The number of hydrogen-bond acceptors (Lipinski definition) is 4. The lowest BCUT2D eigenvalue weighted by Gasteiger charge is -2.18. The van der Waals surface area contributed by atoms with Crippen LogP contribution in [0.2, 0.25) is 0 Å². The van der Waals surface area contributed by atoms with Crippen LogP contribution < -0.4 is 10.6 Å². The molecule has 3 aromatic rings. The highest BCUT2D eigenvalue weighted by atomic mass is 32.2. The van der Waals surface area contributed by atoms with Crippen molar-refractivity contribution >= 4 is 23.6 Å². The first kappa shape index (κ1) is 22.6. The molecule has 0 aliphatic carbocycles. The van der Waals surface area contributed by atoms with Crippen LogP contribution in [0.1, 0.15) is 27.9 Å². The summed E-state index contributed by atoms with van der Waals surface area (Å²) in [6, 6.07) is 16.7. The number of benzene rings is 2. The smallest absolute Gasteiger partial charge is 0.251 e. The van der Waals surface area contributed by atoms with Crippen molar-refractivity contribution in [3.63, 3.8) is 0 Å². The second-order valence-electron chi connectivity index (χ2n) is 7.35. The maximum Gasteiger partial charge on any atom is 0.251 e. The van der Waals surface area contributed by atoms with Crippen LogP contribution in [0.4, 0.5) is 0 Å². The zero-order chi connectivity index (χ0) is 22.1. The molecule has 0 saturated carbocycles. The summed E-state index contributed by atoms with van der Waals surface area (Å²) in [7, 11) is 0. The number of thioether (sulfide) groups is 1. The van der Waals surface area contributed by atoms with Crippen LogP contribution in [-0.4, -0.2) is 46.2 Å². The van der Waals surface area contributed by atoms with Gasteiger partial charge in [-0.05, 0) is 61.6 Å². The zero-order valence-corrected chi connectivity index (χ0v) is 18.7. The Labute approximate surface area is 187 Å². The van der Waals surface area contributed by atoms with Gasteiger partial charge in [0.25, 0.3) is 5.91 Å². The Bertz CT molecular complexity index is 1000. The number of carbonyl (C=O) groups excluding carboxylic acids is 2. The van der Waals surface area contributed by atoms with Gasteiger partial charge in [0.1, 0.15) is 6.04 Å². The van der Waals surface area contributed by atoms with Crippen molar-refractivity contribution in [1.29, 1.82) is 0 Å². The molecule has 6 nitrogen and oxygen atoms in total. The van der Waals surface area contributed by atoms with Crippen molar-refractivity contribution in [2.45, 2.75) is 25.8 Å². The SMILES string of the molecule is CSCCC(NC(=O)c1cccc(C)c1)C(=O)NCCc1cnn(-c2ccccc2)c1. The number of aryl methyl sites for hydroxylation is 1. The van der Waals surface area contributed by atoms with Gasteiger partial charge in [-0.15, -0.1) is 0 Å². The number of nitrogens with zero attached hydrogens (tertiary/aromatic N) is 2. The van der Waals surface area contributed by atoms with Gasteiger partial charge in [0, 0.05) is 18.3 Å². The van der Waals surface area contributed by atoms with Crippen molar-refractivity contribution in [3.8, 4) is 5.69 Å². The number of carbonyl (C=O) groups is 2. The molecule has 7 heteroatoms. The molecule has 31 heavy (non-hydrogen) atoms. The van der Waals surface area contributed by atoms with Crippen LogP contribution >= 0.6 is 11.8 Å². The predicted octanol–water partition coefficient (Wildman–Crippen LogP) is 3.39. The highest BCUT2D eigenvalue weighted by Gasteiger charge is 2.21. The third kappa shape index (κ3) is 6.72. The van der Waals surface area contributed by atoms with Crippen molar-refractivity contribution in [2.75, 3.05) is 18.6 Å². The summed E-state index contributed by atoms with van der Waals surface area (Å²) in [5, 5.41) is 10.2. The molecule has 1 atom stereocenters. The van der Waals surface area contributed by atoms with E-state index in [4.69, 9.17) is 0 Å². The second-order valence-corrected chi connectivity index (χ2v) is 8.33. The maximum absolute atomic E-state index is 12.7. The maximum atomic E-state index is 12.7. The molecule has 1 heterocycles. The molecule has 3 rings (SSSR count). The van der Waals surface area contributed by atoms with E-state index in [9.17, 15) is 9.59 Å². The third-order valence-electron chi connectivity index (χ3n) is 4.88. The molecule has 0 radical (unpaired) electrons. The first-order valence-corrected chi connectivity index (χ1v) is 11.7. The predicted molar refractivity (Wildman–Crippen MR) is 126 cm³/mol. The minimum absolute atomic E-state index is 0.162. The number of nitrogens with one attached hydrogen (secondary N) is 2. The summed E-state index contributed by atoms with van der Waals surface area (Å²) in [6.45, 7) is 2.42. The summed E-state index contributed by atoms with van der Waals surface area (Å²) in [5.74, 6) is 0.398. The number of para-hydroxylation sites is 1. The molecule has 1 aromatic heterocycles. The number of hydrogen-bond donors (Lipinski definition) is 2. The van der Waals surface area contributed by atoms with Crippen molar-refractivity contribution in [3.05, 3.63) is 83.7 Å². The van der Waals surface area contributed by atoms with Gasteiger partial charge in [-0.1, -0.05) is 35.9 Å². The molecular formula is C24H28N4O2S. The van der Waals surface area contributed by atoms with E-state index >= 15 is 0 Å². The van der Waals surface area contributed by atoms with Crippen molar-refractivity contribution in [2.24, 2.45) is 0 Å². The fourth-order valence-corrected chi connectivity index (χ4v) is 3.67. The Hall–Kier alpha value is -3.06. The Morgan fingerprint density at radius 2 is 1.94 bits per heavy atom. The van der Waals surface area contributed by atoms with Crippen LogP contribution in [-0.2, 0) is 11.2 Å². The number of aromatic nitrogens is 2. The second kappa shape index (κ2) is 11.4. The van der Waals surface area contributed by atoms with Gasteiger partial charge in [0.05, 0.1) is 11.9 Å².